The maximum Gasteiger partial charge on any atom is 0.309 e. The highest BCUT2D eigenvalue weighted by molar-refractivity contribution is 5.80. The van der Waals surface area contributed by atoms with Gasteiger partial charge in [-0.25, -0.2) is 4.39 Å². The van der Waals surface area contributed by atoms with Gasteiger partial charge in [-0.3, -0.25) is 9.79 Å². The number of ether oxygens (including phenoxy) is 1. The molecule has 1 aliphatic heterocycles. The van der Waals surface area contributed by atoms with Crippen LogP contribution in [0.1, 0.15) is 30.9 Å². The average molecular weight is 378 g/mol. The molecule has 0 atom stereocenters. The predicted molar refractivity (Wildman–Crippen MR) is 105 cm³/mol. The summed E-state index contributed by atoms with van der Waals surface area (Å²) in [4.78, 5) is 20.3. The van der Waals surface area contributed by atoms with Crippen LogP contribution < -0.4 is 5.32 Å². The number of aliphatic imine (C=N–C) groups is 1. The van der Waals surface area contributed by atoms with Crippen molar-refractivity contribution in [2.75, 3.05) is 40.8 Å². The van der Waals surface area contributed by atoms with E-state index in [4.69, 9.17) is 4.74 Å². The van der Waals surface area contributed by atoms with Crippen molar-refractivity contribution in [3.63, 3.8) is 0 Å². The van der Waals surface area contributed by atoms with Crippen LogP contribution in [0.4, 0.5) is 4.39 Å². The minimum absolute atomic E-state index is 0.0232. The van der Waals surface area contributed by atoms with Crippen LogP contribution in [0.5, 0.6) is 0 Å². The third-order valence-electron chi connectivity index (χ3n) is 4.67. The largest absolute Gasteiger partial charge is 0.466 e. The molecule has 150 valence electrons. The van der Waals surface area contributed by atoms with E-state index in [1.165, 1.54) is 6.07 Å². The van der Waals surface area contributed by atoms with E-state index in [0.717, 1.165) is 37.5 Å². The number of piperidine rings is 1. The second kappa shape index (κ2) is 10.3. The van der Waals surface area contributed by atoms with Crippen LogP contribution in [-0.2, 0) is 22.6 Å². The summed E-state index contributed by atoms with van der Waals surface area (Å²) in [5, 5.41) is 3.35. The Labute approximate surface area is 161 Å². The summed E-state index contributed by atoms with van der Waals surface area (Å²) in [6.45, 7) is 4.92. The molecule has 0 bridgehead atoms. The minimum Gasteiger partial charge on any atom is -0.466 e. The Morgan fingerprint density at radius 3 is 2.67 bits per heavy atom. The summed E-state index contributed by atoms with van der Waals surface area (Å²) in [6, 6.07) is 5.20. The molecule has 0 saturated carbocycles. The average Bonchev–Trinajstić information content (AvgIpc) is 2.65. The summed E-state index contributed by atoms with van der Waals surface area (Å²) < 4.78 is 19.0. The summed E-state index contributed by atoms with van der Waals surface area (Å²) >= 11 is 0. The number of esters is 1. The molecule has 0 aliphatic carbocycles. The third kappa shape index (κ3) is 6.20. The minimum atomic E-state index is -0.183. The summed E-state index contributed by atoms with van der Waals surface area (Å²) in [6.07, 6.45) is 1.53. The first-order valence-corrected chi connectivity index (χ1v) is 9.48. The number of nitrogens with zero attached hydrogens (tertiary/aromatic N) is 3. The van der Waals surface area contributed by atoms with Crippen LogP contribution in [0.3, 0.4) is 0 Å². The van der Waals surface area contributed by atoms with Gasteiger partial charge < -0.3 is 19.9 Å². The predicted octanol–water partition coefficient (Wildman–Crippen LogP) is 2.24. The van der Waals surface area contributed by atoms with Crippen molar-refractivity contribution in [1.82, 2.24) is 15.1 Å². The molecule has 1 saturated heterocycles. The molecule has 1 heterocycles. The van der Waals surface area contributed by atoms with Crippen molar-refractivity contribution in [1.29, 1.82) is 0 Å². The number of benzene rings is 1. The van der Waals surface area contributed by atoms with E-state index < -0.39 is 0 Å². The Bertz CT molecular complexity index is 655. The highest BCUT2D eigenvalue weighted by Crippen LogP contribution is 2.19. The van der Waals surface area contributed by atoms with Crippen molar-refractivity contribution in [3.05, 3.63) is 35.1 Å². The Morgan fingerprint density at radius 1 is 1.37 bits per heavy atom. The normalized spacial score (nSPS) is 15.9. The number of hydrogen-bond acceptors (Lipinski definition) is 4. The SMILES string of the molecule is CCOC(=O)C1CCN(C(=NC)NCc2ccc(F)c(CN(C)C)c2)CC1. The van der Waals surface area contributed by atoms with E-state index in [2.05, 4.69) is 15.2 Å². The van der Waals surface area contributed by atoms with Crippen LogP contribution in [-0.4, -0.2) is 62.6 Å². The summed E-state index contributed by atoms with van der Waals surface area (Å²) in [7, 11) is 5.60. The lowest BCUT2D eigenvalue weighted by Gasteiger charge is -2.33. The number of hydrogen-bond donors (Lipinski definition) is 1. The van der Waals surface area contributed by atoms with Crippen LogP contribution >= 0.6 is 0 Å². The zero-order valence-corrected chi connectivity index (χ0v) is 16.8. The van der Waals surface area contributed by atoms with Crippen molar-refractivity contribution in [3.8, 4) is 0 Å². The quantitative estimate of drug-likeness (QED) is 0.467. The number of carbonyl (C=O) groups is 1. The molecule has 6 nitrogen and oxygen atoms in total. The lowest BCUT2D eigenvalue weighted by molar-refractivity contribution is -0.149. The monoisotopic (exact) mass is 378 g/mol. The molecule has 7 heteroatoms. The Kier molecular flexibility index (Phi) is 8.03. The number of rotatable bonds is 6. The molecule has 1 N–H and O–H groups in total. The topological polar surface area (TPSA) is 57.2 Å². The van der Waals surface area contributed by atoms with E-state index in [-0.39, 0.29) is 17.7 Å². The molecule has 0 aromatic heterocycles. The van der Waals surface area contributed by atoms with Gasteiger partial charge in [-0.2, -0.15) is 0 Å². The van der Waals surface area contributed by atoms with Crippen molar-refractivity contribution >= 4 is 11.9 Å². The fourth-order valence-electron chi connectivity index (χ4n) is 3.30. The number of guanidine groups is 1. The highest BCUT2D eigenvalue weighted by atomic mass is 19.1. The van der Waals surface area contributed by atoms with Crippen LogP contribution in [0.25, 0.3) is 0 Å². The molecular weight excluding hydrogens is 347 g/mol. The second-order valence-corrected chi connectivity index (χ2v) is 7.08. The van der Waals surface area contributed by atoms with Crippen molar-refractivity contribution < 1.29 is 13.9 Å². The Hall–Kier alpha value is -2.15. The van der Waals surface area contributed by atoms with Gasteiger partial charge in [0.15, 0.2) is 5.96 Å². The fraction of sp³-hybridized carbons (Fsp3) is 0.600. The Balaban J connectivity index is 1.90. The highest BCUT2D eigenvalue weighted by Gasteiger charge is 2.27. The molecule has 1 aromatic carbocycles. The first kappa shape index (κ1) is 21.2. The molecule has 0 amide bonds. The molecule has 27 heavy (non-hydrogen) atoms. The van der Waals surface area contributed by atoms with Gasteiger partial charge >= 0.3 is 5.97 Å². The van der Waals surface area contributed by atoms with E-state index in [1.807, 2.05) is 32.0 Å². The maximum atomic E-state index is 13.9. The zero-order valence-electron chi connectivity index (χ0n) is 16.8. The van der Waals surface area contributed by atoms with Gasteiger partial charge in [0.1, 0.15) is 5.82 Å². The van der Waals surface area contributed by atoms with Gasteiger partial charge in [0.2, 0.25) is 0 Å². The summed E-state index contributed by atoms with van der Waals surface area (Å²) in [5.41, 5.74) is 1.69. The molecule has 1 fully saturated rings. The van der Waals surface area contributed by atoms with E-state index >= 15 is 0 Å². The number of halogens is 1. The molecule has 1 aliphatic rings. The lowest BCUT2D eigenvalue weighted by Crippen LogP contribution is -2.46. The van der Waals surface area contributed by atoms with Crippen LogP contribution in [0, 0.1) is 11.7 Å². The molecule has 2 rings (SSSR count). The van der Waals surface area contributed by atoms with Gasteiger partial charge in [-0.15, -0.1) is 0 Å². The van der Waals surface area contributed by atoms with Gasteiger partial charge in [0, 0.05) is 38.8 Å². The number of carbonyl (C=O) groups excluding carboxylic acids is 1. The van der Waals surface area contributed by atoms with Gasteiger partial charge in [-0.05, 0) is 51.6 Å². The zero-order chi connectivity index (χ0) is 19.8. The van der Waals surface area contributed by atoms with Crippen LogP contribution in [0.2, 0.25) is 0 Å². The van der Waals surface area contributed by atoms with Crippen molar-refractivity contribution in [2.45, 2.75) is 32.9 Å². The molecule has 0 unspecified atom stereocenters. The number of likely N-dealkylation sites (tertiary alicyclic amines) is 1. The van der Waals surface area contributed by atoms with Gasteiger partial charge in [-0.1, -0.05) is 6.07 Å². The smallest absolute Gasteiger partial charge is 0.309 e. The molecule has 0 spiro atoms. The molecular formula is C20H31FN4O2. The summed E-state index contributed by atoms with van der Waals surface area (Å²) in [5.74, 6) is 0.499. The van der Waals surface area contributed by atoms with Gasteiger partial charge in [0.25, 0.3) is 0 Å². The first-order chi connectivity index (χ1) is 12.9. The maximum absolute atomic E-state index is 13.9. The lowest BCUT2D eigenvalue weighted by atomic mass is 9.97. The Morgan fingerprint density at radius 2 is 2.07 bits per heavy atom. The fourth-order valence-corrected chi connectivity index (χ4v) is 3.30. The third-order valence-corrected chi connectivity index (χ3v) is 4.67. The van der Waals surface area contributed by atoms with Gasteiger partial charge in [0.05, 0.1) is 12.5 Å². The molecule has 1 aromatic rings. The molecule has 0 radical (unpaired) electrons. The van der Waals surface area contributed by atoms with Crippen LogP contribution in [0.15, 0.2) is 23.2 Å². The van der Waals surface area contributed by atoms with E-state index in [0.29, 0.717) is 25.3 Å². The van der Waals surface area contributed by atoms with E-state index in [9.17, 15) is 9.18 Å². The first-order valence-electron chi connectivity index (χ1n) is 9.48. The second-order valence-electron chi connectivity index (χ2n) is 7.08. The van der Waals surface area contributed by atoms with E-state index in [1.54, 1.807) is 13.1 Å². The number of nitrogens with one attached hydrogen (secondary N) is 1. The standard InChI is InChI=1S/C20H31FN4O2/c1-5-27-19(26)16-8-10-25(11-9-16)20(22-2)23-13-15-6-7-18(21)17(12-15)14-24(3)4/h6-7,12,16H,5,8-11,13-14H2,1-4H3,(H,22,23). The van der Waals surface area contributed by atoms with Crippen molar-refractivity contribution in [2.24, 2.45) is 10.9 Å².